The Morgan fingerprint density at radius 3 is 2.39 bits per heavy atom. The number of nitrogens with two attached hydrogens (primary N) is 1. The van der Waals surface area contributed by atoms with Crippen LogP contribution in [0.5, 0.6) is 0 Å². The van der Waals surface area contributed by atoms with Crippen molar-refractivity contribution in [2.45, 2.75) is 55.1 Å². The van der Waals surface area contributed by atoms with E-state index < -0.39 is 15.7 Å². The van der Waals surface area contributed by atoms with Crippen molar-refractivity contribution in [2.24, 2.45) is 5.73 Å². The Labute approximate surface area is 192 Å². The molecule has 2 saturated heterocycles. The maximum Gasteiger partial charge on any atom is 0.254 e. The van der Waals surface area contributed by atoms with Gasteiger partial charge in [-0.15, -0.1) is 0 Å². The molecule has 1 aromatic heterocycles. The van der Waals surface area contributed by atoms with E-state index in [9.17, 15) is 18.0 Å². The summed E-state index contributed by atoms with van der Waals surface area (Å²) in [6.07, 6.45) is 10.8. The average Bonchev–Trinajstić information content (AvgIpc) is 3.35. The summed E-state index contributed by atoms with van der Waals surface area (Å²) in [5.41, 5.74) is 9.08. The molecule has 3 aliphatic rings. The number of rotatable bonds is 5. The molecule has 1 unspecified atom stereocenters. The molecule has 0 saturated carbocycles. The Bertz CT molecular complexity index is 1260. The number of aromatic nitrogens is 1. The van der Waals surface area contributed by atoms with Crippen molar-refractivity contribution < 1.29 is 18.0 Å². The van der Waals surface area contributed by atoms with E-state index in [4.69, 9.17) is 5.73 Å². The molecule has 2 amide bonds. The number of sulfone groups is 1. The van der Waals surface area contributed by atoms with Crippen LogP contribution in [0.2, 0.25) is 0 Å². The second-order valence-electron chi connectivity index (χ2n) is 9.08. The highest BCUT2D eigenvalue weighted by atomic mass is 32.2. The van der Waals surface area contributed by atoms with Gasteiger partial charge in [-0.05, 0) is 49.9 Å². The molecule has 1 aromatic carbocycles. The van der Waals surface area contributed by atoms with Crippen molar-refractivity contribution >= 4 is 33.4 Å². The van der Waals surface area contributed by atoms with Gasteiger partial charge in [0.25, 0.3) is 11.8 Å². The zero-order valence-corrected chi connectivity index (χ0v) is 19.1. The van der Waals surface area contributed by atoms with E-state index in [1.807, 2.05) is 17.1 Å². The first-order valence-electron chi connectivity index (χ1n) is 11.1. The van der Waals surface area contributed by atoms with Crippen LogP contribution >= 0.6 is 0 Å². The van der Waals surface area contributed by atoms with Gasteiger partial charge in [0.15, 0.2) is 9.84 Å². The van der Waals surface area contributed by atoms with Crippen LogP contribution in [0.1, 0.15) is 57.7 Å². The molecule has 2 bridgehead atoms. The molecule has 2 fully saturated rings. The number of fused-ring (bicyclic) bond motifs is 3. The van der Waals surface area contributed by atoms with E-state index in [0.717, 1.165) is 55.3 Å². The monoisotopic (exact) mass is 466 g/mol. The number of primary amides is 1. The van der Waals surface area contributed by atoms with Gasteiger partial charge in [0.05, 0.1) is 21.8 Å². The number of allylic oxidation sites excluding steroid dienone is 1. The van der Waals surface area contributed by atoms with Crippen LogP contribution in [-0.4, -0.2) is 54.5 Å². The first kappa shape index (κ1) is 21.6. The van der Waals surface area contributed by atoms with Crippen LogP contribution in [0.4, 0.5) is 5.69 Å². The zero-order valence-electron chi connectivity index (χ0n) is 18.3. The minimum absolute atomic E-state index is 0.0634. The Kier molecular flexibility index (Phi) is 5.23. The topological polar surface area (TPSA) is 122 Å². The largest absolute Gasteiger partial charge is 0.381 e. The second-order valence-corrected chi connectivity index (χ2v) is 11.1. The van der Waals surface area contributed by atoms with E-state index >= 15 is 0 Å². The molecule has 0 radical (unpaired) electrons. The van der Waals surface area contributed by atoms with Crippen LogP contribution in [-0.2, 0) is 16.3 Å². The van der Waals surface area contributed by atoms with Gasteiger partial charge in [-0.25, -0.2) is 8.42 Å². The van der Waals surface area contributed by atoms with E-state index in [1.165, 1.54) is 12.1 Å². The normalized spacial score (nSPS) is 23.4. The molecule has 2 aliphatic heterocycles. The van der Waals surface area contributed by atoms with Gasteiger partial charge >= 0.3 is 0 Å². The third-order valence-corrected chi connectivity index (χ3v) is 8.03. The standard InChI is InChI=1S/C24H26N4O4S/c1-33(31,32)18-9-5-14(6-10-18)24(30)28-16-7-8-17(28)12-15(11-16)27-22-19-3-2-4-21(19)26-13-20(22)23(25)29/h2-3,5-6,9-10,13,15-17H,4,7-8,11-12H2,1H3,(H2,25,29)(H,26,27)/t15?,16-,17+. The Morgan fingerprint density at radius 1 is 1.12 bits per heavy atom. The molecule has 3 heterocycles. The minimum Gasteiger partial charge on any atom is -0.381 e. The van der Waals surface area contributed by atoms with Gasteiger partial charge in [0, 0.05) is 48.1 Å². The second kappa shape index (κ2) is 7.98. The van der Waals surface area contributed by atoms with E-state index in [2.05, 4.69) is 10.3 Å². The summed E-state index contributed by atoms with van der Waals surface area (Å²) in [6.45, 7) is 0. The van der Waals surface area contributed by atoms with Crippen molar-refractivity contribution in [3.05, 3.63) is 58.9 Å². The molecule has 8 nitrogen and oxygen atoms in total. The van der Waals surface area contributed by atoms with Crippen LogP contribution in [0.3, 0.4) is 0 Å². The Morgan fingerprint density at radius 2 is 1.79 bits per heavy atom. The number of carbonyl (C=O) groups is 2. The molecule has 33 heavy (non-hydrogen) atoms. The third-order valence-electron chi connectivity index (χ3n) is 6.91. The predicted octanol–water partition coefficient (Wildman–Crippen LogP) is 2.40. The number of carbonyl (C=O) groups excluding carboxylic acids is 2. The summed E-state index contributed by atoms with van der Waals surface area (Å²) in [6, 6.07) is 6.44. The number of amides is 2. The lowest BCUT2D eigenvalue weighted by molar-refractivity contribution is 0.0583. The molecule has 172 valence electrons. The Hall–Kier alpha value is -3.20. The van der Waals surface area contributed by atoms with Crippen molar-refractivity contribution in [3.63, 3.8) is 0 Å². The zero-order chi connectivity index (χ0) is 23.3. The van der Waals surface area contributed by atoms with E-state index in [1.54, 1.807) is 18.3 Å². The molecule has 5 rings (SSSR count). The first-order valence-corrected chi connectivity index (χ1v) is 13.0. The van der Waals surface area contributed by atoms with Crippen molar-refractivity contribution in [1.29, 1.82) is 0 Å². The molecule has 3 atom stereocenters. The van der Waals surface area contributed by atoms with Crippen molar-refractivity contribution in [1.82, 2.24) is 9.88 Å². The van der Waals surface area contributed by atoms with Gasteiger partial charge in [-0.3, -0.25) is 14.6 Å². The Balaban J connectivity index is 1.35. The lowest BCUT2D eigenvalue weighted by Gasteiger charge is -2.40. The maximum atomic E-state index is 13.3. The fourth-order valence-corrected chi connectivity index (χ4v) is 5.99. The van der Waals surface area contributed by atoms with Crippen LogP contribution in [0, 0.1) is 0 Å². The molecule has 1 aliphatic carbocycles. The maximum absolute atomic E-state index is 13.3. The van der Waals surface area contributed by atoms with Gasteiger partial charge in [-0.2, -0.15) is 0 Å². The summed E-state index contributed by atoms with van der Waals surface area (Å²) < 4.78 is 23.4. The molecule has 3 N–H and O–H groups in total. The number of nitrogens with zero attached hydrogens (tertiary/aromatic N) is 2. The highest BCUT2D eigenvalue weighted by Gasteiger charge is 2.43. The number of anilines is 1. The smallest absolute Gasteiger partial charge is 0.254 e. The molecule has 9 heteroatoms. The SMILES string of the molecule is CS(=O)(=O)c1ccc(C(=O)N2[C@@H]3CC[C@H]2CC(Nc2c(C(N)=O)cnc4c2C=CC4)C3)cc1. The fourth-order valence-electron chi connectivity index (χ4n) is 5.36. The first-order chi connectivity index (χ1) is 15.7. The van der Waals surface area contributed by atoms with Crippen molar-refractivity contribution in [3.8, 4) is 0 Å². The average molecular weight is 467 g/mol. The number of hydrogen-bond donors (Lipinski definition) is 2. The molecule has 0 spiro atoms. The molecular weight excluding hydrogens is 440 g/mol. The van der Waals surface area contributed by atoms with Crippen molar-refractivity contribution in [2.75, 3.05) is 11.6 Å². The number of piperidine rings is 1. The summed E-state index contributed by atoms with van der Waals surface area (Å²) in [4.78, 5) is 31.8. The van der Waals surface area contributed by atoms with Crippen LogP contribution in [0.25, 0.3) is 6.08 Å². The summed E-state index contributed by atoms with van der Waals surface area (Å²) in [5.74, 6) is -0.576. The number of hydrogen-bond acceptors (Lipinski definition) is 6. The quantitative estimate of drug-likeness (QED) is 0.698. The minimum atomic E-state index is -3.31. The fraction of sp³-hybridized carbons (Fsp3) is 0.375. The molecular formula is C24H26N4O4S. The van der Waals surface area contributed by atoms with E-state index in [0.29, 0.717) is 11.1 Å². The highest BCUT2D eigenvalue weighted by molar-refractivity contribution is 7.90. The van der Waals surface area contributed by atoms with Gasteiger partial charge < -0.3 is 16.0 Å². The third kappa shape index (κ3) is 3.90. The lowest BCUT2D eigenvalue weighted by Crippen LogP contribution is -2.49. The number of nitrogens with one attached hydrogen (secondary N) is 1. The summed E-state index contributed by atoms with van der Waals surface area (Å²) >= 11 is 0. The number of benzene rings is 1. The predicted molar refractivity (Wildman–Crippen MR) is 125 cm³/mol. The summed E-state index contributed by atoms with van der Waals surface area (Å²) in [7, 11) is -3.31. The van der Waals surface area contributed by atoms with Crippen LogP contribution < -0.4 is 11.1 Å². The number of pyridine rings is 1. The molecule has 2 aromatic rings. The lowest BCUT2D eigenvalue weighted by atomic mass is 9.95. The van der Waals surface area contributed by atoms with Gasteiger partial charge in [0.1, 0.15) is 0 Å². The van der Waals surface area contributed by atoms with Gasteiger partial charge in [0.2, 0.25) is 0 Å². The summed E-state index contributed by atoms with van der Waals surface area (Å²) in [5, 5.41) is 3.56. The van der Waals surface area contributed by atoms with E-state index in [-0.39, 0.29) is 28.9 Å². The van der Waals surface area contributed by atoms with Crippen LogP contribution in [0.15, 0.2) is 41.4 Å². The van der Waals surface area contributed by atoms with Gasteiger partial charge in [-0.1, -0.05) is 12.2 Å². The highest BCUT2D eigenvalue weighted by Crippen LogP contribution is 2.39.